The molecule has 0 saturated heterocycles. The van der Waals surface area contributed by atoms with Crippen LogP contribution in [0.5, 0.6) is 0 Å². The van der Waals surface area contributed by atoms with Crippen LogP contribution in [0, 0.1) is 0 Å². The number of hydrogen-bond donors (Lipinski definition) is 2. The zero-order valence-corrected chi connectivity index (χ0v) is 13.5. The Morgan fingerprint density at radius 3 is 2.96 bits per heavy atom. The second-order valence-corrected chi connectivity index (χ2v) is 5.72. The van der Waals surface area contributed by atoms with Gasteiger partial charge in [0.25, 0.3) is 5.91 Å². The van der Waals surface area contributed by atoms with E-state index in [9.17, 15) is 4.79 Å². The number of carbonyl (C=O) groups is 1. The minimum Gasteiger partial charge on any atom is -0.361 e. The van der Waals surface area contributed by atoms with E-state index in [4.69, 9.17) is 0 Å². The first-order valence-corrected chi connectivity index (χ1v) is 7.93. The van der Waals surface area contributed by atoms with Crippen LogP contribution in [0.4, 0.5) is 0 Å². The number of hydrogen-bond acceptors (Lipinski definition) is 4. The summed E-state index contributed by atoms with van der Waals surface area (Å²) in [5.41, 5.74) is 6.07. The lowest BCUT2D eigenvalue weighted by Crippen LogP contribution is -2.28. The minimum absolute atomic E-state index is 0.258. The molecule has 0 fully saturated rings. The Labute approximate surface area is 143 Å². The highest BCUT2D eigenvalue weighted by molar-refractivity contribution is 5.99. The van der Waals surface area contributed by atoms with Crippen LogP contribution < -0.4 is 5.43 Å². The van der Waals surface area contributed by atoms with E-state index in [1.165, 1.54) is 0 Å². The summed E-state index contributed by atoms with van der Waals surface area (Å²) in [5, 5.41) is 13.3. The molecule has 7 heteroatoms. The highest BCUT2D eigenvalue weighted by Gasteiger charge is 2.18. The molecule has 124 valence electrons. The van der Waals surface area contributed by atoms with Gasteiger partial charge in [0.2, 0.25) is 0 Å². The van der Waals surface area contributed by atoms with Gasteiger partial charge in [-0.1, -0.05) is 35.5 Å². The third-order valence-corrected chi connectivity index (χ3v) is 4.12. The second-order valence-electron chi connectivity index (χ2n) is 5.72. The molecular weight excluding hydrogens is 316 g/mol. The summed E-state index contributed by atoms with van der Waals surface area (Å²) in [5.74, 6) is -0.258. The molecule has 0 radical (unpaired) electrons. The molecule has 4 rings (SSSR count). The lowest BCUT2D eigenvalue weighted by atomic mass is 10.2. The van der Waals surface area contributed by atoms with Crippen molar-refractivity contribution in [3.05, 3.63) is 60.3 Å². The molecule has 1 amide bonds. The van der Waals surface area contributed by atoms with E-state index in [2.05, 4.69) is 25.8 Å². The van der Waals surface area contributed by atoms with Gasteiger partial charge in [-0.2, -0.15) is 5.10 Å². The average Bonchev–Trinajstić information content (AvgIpc) is 3.25. The van der Waals surface area contributed by atoms with Crippen LogP contribution in [0.15, 0.2) is 59.8 Å². The summed E-state index contributed by atoms with van der Waals surface area (Å²) in [7, 11) is 0. The molecule has 0 aliphatic heterocycles. The van der Waals surface area contributed by atoms with Gasteiger partial charge in [-0.05, 0) is 25.1 Å². The number of para-hydroxylation sites is 2. The molecule has 7 nitrogen and oxygen atoms in total. The smallest absolute Gasteiger partial charge is 0.264 e. The number of amides is 1. The van der Waals surface area contributed by atoms with Crippen LogP contribution in [0.3, 0.4) is 0 Å². The zero-order chi connectivity index (χ0) is 17.2. The lowest BCUT2D eigenvalue weighted by Gasteiger charge is -2.10. The third-order valence-electron chi connectivity index (χ3n) is 4.12. The molecule has 2 heterocycles. The van der Waals surface area contributed by atoms with Crippen molar-refractivity contribution in [1.82, 2.24) is 25.4 Å². The van der Waals surface area contributed by atoms with E-state index >= 15 is 0 Å². The largest absolute Gasteiger partial charge is 0.361 e. The summed E-state index contributed by atoms with van der Waals surface area (Å²) < 4.78 is 1.59. The van der Waals surface area contributed by atoms with E-state index in [-0.39, 0.29) is 5.91 Å². The second kappa shape index (κ2) is 6.20. The first kappa shape index (κ1) is 15.1. The lowest BCUT2D eigenvalue weighted by molar-refractivity contribution is -0.124. The number of rotatable bonds is 4. The molecule has 0 aliphatic rings. The number of carbonyl (C=O) groups excluding carboxylic acids is 1. The highest BCUT2D eigenvalue weighted by atomic mass is 16.2. The molecular formula is C18H16N6O. The summed E-state index contributed by atoms with van der Waals surface area (Å²) in [6.45, 7) is 1.76. The number of hydrazone groups is 1. The molecule has 25 heavy (non-hydrogen) atoms. The molecule has 4 aromatic rings. The molecule has 1 atom stereocenters. The van der Waals surface area contributed by atoms with Gasteiger partial charge in [-0.25, -0.2) is 10.1 Å². The van der Waals surface area contributed by atoms with Crippen LogP contribution in [0.1, 0.15) is 18.5 Å². The van der Waals surface area contributed by atoms with Gasteiger partial charge in [0.05, 0.1) is 11.7 Å². The topological polar surface area (TPSA) is 88.0 Å². The first-order valence-electron chi connectivity index (χ1n) is 7.93. The molecule has 0 aliphatic carbocycles. The first-order chi connectivity index (χ1) is 12.2. The number of nitrogens with one attached hydrogen (secondary N) is 2. The van der Waals surface area contributed by atoms with Crippen molar-refractivity contribution in [2.45, 2.75) is 13.0 Å². The molecule has 2 aromatic heterocycles. The van der Waals surface area contributed by atoms with Crippen LogP contribution in [0.2, 0.25) is 0 Å². The van der Waals surface area contributed by atoms with E-state index < -0.39 is 6.04 Å². The van der Waals surface area contributed by atoms with Gasteiger partial charge in [0, 0.05) is 22.7 Å². The van der Waals surface area contributed by atoms with Crippen LogP contribution in [-0.2, 0) is 4.79 Å². The summed E-state index contributed by atoms with van der Waals surface area (Å²) in [6.07, 6.45) is 3.48. The number of fused-ring (bicyclic) bond motifs is 2. The van der Waals surface area contributed by atoms with E-state index in [1.54, 1.807) is 17.8 Å². The number of aromatic amines is 1. The van der Waals surface area contributed by atoms with Crippen LogP contribution >= 0.6 is 0 Å². The van der Waals surface area contributed by atoms with E-state index in [0.717, 1.165) is 27.5 Å². The van der Waals surface area contributed by atoms with Gasteiger partial charge in [-0.3, -0.25) is 4.79 Å². The van der Waals surface area contributed by atoms with E-state index in [1.807, 2.05) is 54.7 Å². The van der Waals surface area contributed by atoms with Gasteiger partial charge < -0.3 is 4.98 Å². The normalized spacial score (nSPS) is 12.8. The van der Waals surface area contributed by atoms with E-state index in [0.29, 0.717) is 0 Å². The molecule has 0 spiro atoms. The maximum Gasteiger partial charge on any atom is 0.264 e. The fourth-order valence-electron chi connectivity index (χ4n) is 2.74. The predicted octanol–water partition coefficient (Wildman–Crippen LogP) is 2.62. The summed E-state index contributed by atoms with van der Waals surface area (Å²) >= 11 is 0. The molecule has 2 aromatic carbocycles. The summed E-state index contributed by atoms with van der Waals surface area (Å²) in [4.78, 5) is 15.5. The number of nitrogens with zero attached hydrogens (tertiary/aromatic N) is 4. The third kappa shape index (κ3) is 2.76. The van der Waals surface area contributed by atoms with Crippen LogP contribution in [-0.4, -0.2) is 32.1 Å². The SMILES string of the molecule is C[C@@H](C(=O)N/N=C\c1c[nH]c2ccccc12)n1nnc2ccccc21. The Balaban J connectivity index is 1.50. The standard InChI is InChI=1S/C18H16N6O/c1-12(24-17-9-5-4-8-16(17)21-23-24)18(25)22-20-11-13-10-19-15-7-3-2-6-14(13)15/h2-12,19H,1H3,(H,22,25)/b20-11-/t12-/m0/s1. The van der Waals surface area contributed by atoms with Crippen molar-refractivity contribution in [3.63, 3.8) is 0 Å². The Morgan fingerprint density at radius 1 is 1.24 bits per heavy atom. The molecule has 0 bridgehead atoms. The van der Waals surface area contributed by atoms with Gasteiger partial charge in [0.15, 0.2) is 0 Å². The van der Waals surface area contributed by atoms with Gasteiger partial charge in [0.1, 0.15) is 11.6 Å². The van der Waals surface area contributed by atoms with Crippen molar-refractivity contribution < 1.29 is 4.79 Å². The van der Waals surface area contributed by atoms with Crippen molar-refractivity contribution in [2.24, 2.45) is 5.10 Å². The number of aromatic nitrogens is 4. The van der Waals surface area contributed by atoms with Crippen LogP contribution in [0.25, 0.3) is 21.9 Å². The minimum atomic E-state index is -0.521. The van der Waals surface area contributed by atoms with Crippen molar-refractivity contribution in [1.29, 1.82) is 0 Å². The fourth-order valence-corrected chi connectivity index (χ4v) is 2.74. The Hall–Kier alpha value is -3.48. The number of H-pyrrole nitrogens is 1. The number of benzene rings is 2. The Kier molecular flexibility index (Phi) is 3.74. The highest BCUT2D eigenvalue weighted by Crippen LogP contribution is 2.16. The Bertz CT molecular complexity index is 1080. The monoisotopic (exact) mass is 332 g/mol. The maximum absolute atomic E-state index is 12.4. The van der Waals surface area contributed by atoms with Crippen molar-refractivity contribution >= 4 is 34.1 Å². The fraction of sp³-hybridized carbons (Fsp3) is 0.111. The quantitative estimate of drug-likeness (QED) is 0.445. The zero-order valence-electron chi connectivity index (χ0n) is 13.5. The van der Waals surface area contributed by atoms with Gasteiger partial charge in [-0.15, -0.1) is 5.10 Å². The predicted molar refractivity (Wildman–Crippen MR) is 96.3 cm³/mol. The average molecular weight is 332 g/mol. The summed E-state index contributed by atoms with van der Waals surface area (Å²) in [6, 6.07) is 14.9. The molecule has 2 N–H and O–H groups in total. The molecule has 0 saturated carbocycles. The Morgan fingerprint density at radius 2 is 2.04 bits per heavy atom. The molecule has 0 unspecified atom stereocenters. The maximum atomic E-state index is 12.4. The van der Waals surface area contributed by atoms with Gasteiger partial charge >= 0.3 is 0 Å². The van der Waals surface area contributed by atoms with Crippen molar-refractivity contribution in [2.75, 3.05) is 0 Å². The van der Waals surface area contributed by atoms with Crippen molar-refractivity contribution in [3.8, 4) is 0 Å².